The molecule has 0 unspecified atom stereocenters. The van der Waals surface area contributed by atoms with Gasteiger partial charge in [0, 0.05) is 11.5 Å². The van der Waals surface area contributed by atoms with Crippen LogP contribution in [0.3, 0.4) is 0 Å². The minimum Gasteiger partial charge on any atom is -0.457 e. The summed E-state index contributed by atoms with van der Waals surface area (Å²) in [5, 5.41) is 0. The molecule has 2 nitrogen and oxygen atoms in total. The monoisotopic (exact) mass is 252 g/mol. The van der Waals surface area contributed by atoms with E-state index < -0.39 is 0 Å². The largest absolute Gasteiger partial charge is 0.457 e. The van der Waals surface area contributed by atoms with Crippen molar-refractivity contribution in [2.24, 2.45) is 5.92 Å². The summed E-state index contributed by atoms with van der Waals surface area (Å²) < 4.78 is 5.48. The van der Waals surface area contributed by atoms with Crippen LogP contribution >= 0.6 is 0 Å². The third-order valence-corrected chi connectivity index (χ3v) is 3.62. The molecule has 0 saturated carbocycles. The molecule has 0 bridgehead atoms. The molecule has 0 radical (unpaired) electrons. The Bertz CT molecular complexity index is 589. The van der Waals surface area contributed by atoms with Gasteiger partial charge >= 0.3 is 5.97 Å². The summed E-state index contributed by atoms with van der Waals surface area (Å²) in [6, 6.07) is 18.4. The molecule has 2 atom stereocenters. The zero-order chi connectivity index (χ0) is 13.2. The van der Waals surface area contributed by atoms with E-state index in [0.717, 1.165) is 16.7 Å². The van der Waals surface area contributed by atoms with Crippen molar-refractivity contribution >= 4 is 5.97 Å². The lowest BCUT2D eigenvalue weighted by atomic mass is 9.90. The van der Waals surface area contributed by atoms with Crippen LogP contribution in [-0.2, 0) is 9.53 Å². The van der Waals surface area contributed by atoms with Crippen LogP contribution in [0.25, 0.3) is 11.1 Å². The number of ether oxygens (including phenoxy) is 1. The van der Waals surface area contributed by atoms with Gasteiger partial charge in [-0.25, -0.2) is 0 Å². The highest BCUT2D eigenvalue weighted by atomic mass is 16.5. The number of esters is 1. The van der Waals surface area contributed by atoms with Gasteiger partial charge in [-0.1, -0.05) is 61.5 Å². The van der Waals surface area contributed by atoms with Crippen LogP contribution in [0.4, 0.5) is 0 Å². The number of hydrogen-bond donors (Lipinski definition) is 0. The van der Waals surface area contributed by atoms with E-state index in [-0.39, 0.29) is 18.0 Å². The molecule has 19 heavy (non-hydrogen) atoms. The number of rotatable bonds is 2. The number of cyclic esters (lactones) is 1. The molecule has 1 saturated heterocycles. The molecule has 0 spiro atoms. The Morgan fingerprint density at radius 2 is 1.68 bits per heavy atom. The van der Waals surface area contributed by atoms with Crippen molar-refractivity contribution in [1.82, 2.24) is 0 Å². The van der Waals surface area contributed by atoms with Gasteiger partial charge < -0.3 is 4.74 Å². The van der Waals surface area contributed by atoms with E-state index in [1.165, 1.54) is 0 Å². The topological polar surface area (TPSA) is 26.3 Å². The van der Waals surface area contributed by atoms with Crippen LogP contribution in [0.2, 0.25) is 0 Å². The quantitative estimate of drug-likeness (QED) is 0.756. The summed E-state index contributed by atoms with van der Waals surface area (Å²) in [5.74, 6) is 0.137. The average Bonchev–Trinajstić information content (AvgIpc) is 2.79. The van der Waals surface area contributed by atoms with Gasteiger partial charge in [0.05, 0.1) is 6.42 Å². The maximum atomic E-state index is 11.5. The van der Waals surface area contributed by atoms with E-state index >= 15 is 0 Å². The number of hydrogen-bond acceptors (Lipinski definition) is 2. The predicted molar refractivity (Wildman–Crippen MR) is 74.5 cm³/mol. The third-order valence-electron chi connectivity index (χ3n) is 3.62. The number of carbonyl (C=O) groups is 1. The molecule has 1 aliphatic rings. The average molecular weight is 252 g/mol. The molecule has 2 heteroatoms. The van der Waals surface area contributed by atoms with Gasteiger partial charge in [-0.15, -0.1) is 0 Å². The van der Waals surface area contributed by atoms with Gasteiger partial charge in [-0.05, 0) is 11.1 Å². The van der Waals surface area contributed by atoms with Gasteiger partial charge in [0.2, 0.25) is 0 Å². The first-order valence-electron chi connectivity index (χ1n) is 6.59. The van der Waals surface area contributed by atoms with Gasteiger partial charge in [0.15, 0.2) is 0 Å². The Hall–Kier alpha value is -2.09. The van der Waals surface area contributed by atoms with Crippen molar-refractivity contribution in [3.63, 3.8) is 0 Å². The second-order valence-electron chi connectivity index (χ2n) is 5.05. The molecule has 2 aromatic carbocycles. The molecular formula is C17H16O2. The zero-order valence-electron chi connectivity index (χ0n) is 10.9. The van der Waals surface area contributed by atoms with Crippen LogP contribution in [0.1, 0.15) is 25.0 Å². The summed E-state index contributed by atoms with van der Waals surface area (Å²) >= 11 is 0. The Labute approximate surface area is 113 Å². The van der Waals surface area contributed by atoms with E-state index in [0.29, 0.717) is 6.42 Å². The minimum atomic E-state index is -0.121. The van der Waals surface area contributed by atoms with Crippen molar-refractivity contribution in [3.8, 4) is 11.1 Å². The lowest BCUT2D eigenvalue weighted by molar-refractivity contribution is -0.141. The Morgan fingerprint density at radius 1 is 1.00 bits per heavy atom. The SMILES string of the molecule is C[C@@H]1CC(=O)O[C@@H]1c1ccccc1-c1ccccc1. The van der Waals surface area contributed by atoms with E-state index in [1.54, 1.807) is 0 Å². The third kappa shape index (κ3) is 2.26. The van der Waals surface area contributed by atoms with Crippen molar-refractivity contribution in [3.05, 3.63) is 60.2 Å². The molecule has 96 valence electrons. The molecule has 0 aromatic heterocycles. The van der Waals surface area contributed by atoms with Crippen LogP contribution < -0.4 is 0 Å². The summed E-state index contributed by atoms with van der Waals surface area (Å²) in [6.45, 7) is 2.07. The molecule has 3 rings (SSSR count). The summed E-state index contributed by atoms with van der Waals surface area (Å²) in [4.78, 5) is 11.5. The highest BCUT2D eigenvalue weighted by Crippen LogP contribution is 2.39. The first-order valence-corrected chi connectivity index (χ1v) is 6.59. The normalized spacial score (nSPS) is 22.3. The minimum absolute atomic E-state index is 0.0969. The Kier molecular flexibility index (Phi) is 3.08. The summed E-state index contributed by atoms with van der Waals surface area (Å²) in [6.07, 6.45) is 0.386. The van der Waals surface area contributed by atoms with Gasteiger partial charge in [-0.3, -0.25) is 4.79 Å². The first-order chi connectivity index (χ1) is 9.25. The van der Waals surface area contributed by atoms with Gasteiger partial charge in [0.25, 0.3) is 0 Å². The van der Waals surface area contributed by atoms with Crippen molar-refractivity contribution in [2.45, 2.75) is 19.4 Å². The molecule has 0 aliphatic carbocycles. The lowest BCUT2D eigenvalue weighted by Crippen LogP contribution is -2.05. The fraction of sp³-hybridized carbons (Fsp3) is 0.235. The molecular weight excluding hydrogens is 236 g/mol. The number of carbonyl (C=O) groups excluding carboxylic acids is 1. The second kappa shape index (κ2) is 4.88. The lowest BCUT2D eigenvalue weighted by Gasteiger charge is -2.18. The van der Waals surface area contributed by atoms with Crippen molar-refractivity contribution in [2.75, 3.05) is 0 Å². The summed E-state index contributed by atoms with van der Waals surface area (Å²) in [5.41, 5.74) is 3.41. The van der Waals surface area contributed by atoms with E-state index in [9.17, 15) is 4.79 Å². The van der Waals surface area contributed by atoms with E-state index in [1.807, 2.05) is 30.3 Å². The van der Waals surface area contributed by atoms with Crippen LogP contribution in [-0.4, -0.2) is 5.97 Å². The van der Waals surface area contributed by atoms with E-state index in [2.05, 4.69) is 31.2 Å². The fourth-order valence-electron chi connectivity index (χ4n) is 2.67. The first kappa shape index (κ1) is 12.0. The maximum Gasteiger partial charge on any atom is 0.306 e. The molecule has 1 heterocycles. The van der Waals surface area contributed by atoms with Gasteiger partial charge in [-0.2, -0.15) is 0 Å². The predicted octanol–water partition coefficient (Wildman–Crippen LogP) is 3.98. The van der Waals surface area contributed by atoms with Crippen LogP contribution in [0.15, 0.2) is 54.6 Å². The van der Waals surface area contributed by atoms with Gasteiger partial charge in [0.1, 0.15) is 6.10 Å². The second-order valence-corrected chi connectivity index (χ2v) is 5.05. The zero-order valence-corrected chi connectivity index (χ0v) is 10.9. The fourth-order valence-corrected chi connectivity index (χ4v) is 2.67. The maximum absolute atomic E-state index is 11.5. The Morgan fingerprint density at radius 3 is 2.37 bits per heavy atom. The van der Waals surface area contributed by atoms with Crippen molar-refractivity contribution < 1.29 is 9.53 Å². The van der Waals surface area contributed by atoms with Crippen LogP contribution in [0, 0.1) is 5.92 Å². The molecule has 1 fully saturated rings. The Balaban J connectivity index is 2.06. The van der Waals surface area contributed by atoms with Crippen LogP contribution in [0.5, 0.6) is 0 Å². The highest BCUT2D eigenvalue weighted by molar-refractivity contribution is 5.74. The number of benzene rings is 2. The van der Waals surface area contributed by atoms with E-state index in [4.69, 9.17) is 4.74 Å². The molecule has 1 aliphatic heterocycles. The standard InChI is InChI=1S/C17H16O2/c1-12-11-16(18)19-17(12)15-10-6-5-9-14(15)13-7-3-2-4-8-13/h2-10,12,17H,11H2,1H3/t12-,17+/m1/s1. The van der Waals surface area contributed by atoms with Crippen molar-refractivity contribution in [1.29, 1.82) is 0 Å². The molecule has 2 aromatic rings. The highest BCUT2D eigenvalue weighted by Gasteiger charge is 2.33. The summed E-state index contributed by atoms with van der Waals surface area (Å²) in [7, 11) is 0. The molecule has 0 amide bonds. The smallest absolute Gasteiger partial charge is 0.306 e. The molecule has 0 N–H and O–H groups in total.